The number of fused-ring (bicyclic) bond motifs is 1. The Labute approximate surface area is 162 Å². The molecule has 1 N–H and O–H groups in total. The van der Waals surface area contributed by atoms with E-state index < -0.39 is 5.97 Å². The standard InChI is InChI=1S/C20H23NO5S/c1-11-5-6-12-14(10-27-18(12)7-11)19(22)21-15-9-17(25-3)16(24-2)8-13(15)20(23)26-4/h8-11H,5-7H2,1-4H3,(H,21,22)/t11-/m1/s1. The van der Waals surface area contributed by atoms with Crippen molar-refractivity contribution in [3.05, 3.63) is 39.1 Å². The molecule has 1 aliphatic carbocycles. The molecule has 1 atom stereocenters. The molecule has 3 rings (SSSR count). The third-order valence-electron chi connectivity index (χ3n) is 4.82. The fourth-order valence-corrected chi connectivity index (χ4v) is 4.56. The quantitative estimate of drug-likeness (QED) is 0.785. The first-order valence-electron chi connectivity index (χ1n) is 8.73. The first kappa shape index (κ1) is 19.2. The molecular formula is C20H23NO5S. The largest absolute Gasteiger partial charge is 0.493 e. The van der Waals surface area contributed by atoms with Crippen molar-refractivity contribution in [1.82, 2.24) is 0 Å². The smallest absolute Gasteiger partial charge is 0.340 e. The highest BCUT2D eigenvalue weighted by molar-refractivity contribution is 7.10. The Morgan fingerprint density at radius 3 is 2.48 bits per heavy atom. The lowest BCUT2D eigenvalue weighted by Crippen LogP contribution is -2.18. The van der Waals surface area contributed by atoms with E-state index in [9.17, 15) is 9.59 Å². The van der Waals surface area contributed by atoms with Gasteiger partial charge in [-0.05, 0) is 30.7 Å². The molecule has 27 heavy (non-hydrogen) atoms. The Morgan fingerprint density at radius 1 is 1.11 bits per heavy atom. The van der Waals surface area contributed by atoms with Gasteiger partial charge >= 0.3 is 5.97 Å². The van der Waals surface area contributed by atoms with E-state index in [0.717, 1.165) is 24.8 Å². The molecule has 0 saturated carbocycles. The Kier molecular flexibility index (Phi) is 5.70. The summed E-state index contributed by atoms with van der Waals surface area (Å²) < 4.78 is 15.4. The van der Waals surface area contributed by atoms with Crippen molar-refractivity contribution in [3.63, 3.8) is 0 Å². The summed E-state index contributed by atoms with van der Waals surface area (Å²) in [5, 5.41) is 4.75. The van der Waals surface area contributed by atoms with E-state index in [-0.39, 0.29) is 11.5 Å². The van der Waals surface area contributed by atoms with Crippen molar-refractivity contribution in [1.29, 1.82) is 0 Å². The second-order valence-corrected chi connectivity index (χ2v) is 7.56. The molecule has 0 unspecified atom stereocenters. The summed E-state index contributed by atoms with van der Waals surface area (Å²) in [5.74, 6) is 0.648. The van der Waals surface area contributed by atoms with E-state index in [1.807, 2.05) is 5.38 Å². The van der Waals surface area contributed by atoms with Gasteiger partial charge in [-0.1, -0.05) is 6.92 Å². The summed E-state index contributed by atoms with van der Waals surface area (Å²) >= 11 is 1.63. The molecule has 1 heterocycles. The normalized spacial score (nSPS) is 15.6. The van der Waals surface area contributed by atoms with Gasteiger partial charge in [0.15, 0.2) is 11.5 Å². The number of carbonyl (C=O) groups excluding carboxylic acids is 2. The highest BCUT2D eigenvalue weighted by atomic mass is 32.1. The number of ether oxygens (including phenoxy) is 3. The Bertz CT molecular complexity index is 873. The van der Waals surface area contributed by atoms with Gasteiger partial charge in [-0.15, -0.1) is 11.3 Å². The van der Waals surface area contributed by atoms with Gasteiger partial charge in [-0.3, -0.25) is 4.79 Å². The zero-order valence-electron chi connectivity index (χ0n) is 15.9. The van der Waals surface area contributed by atoms with Crippen LogP contribution in [-0.4, -0.2) is 33.2 Å². The fraction of sp³-hybridized carbons (Fsp3) is 0.400. The van der Waals surface area contributed by atoms with Gasteiger partial charge in [0.2, 0.25) is 0 Å². The van der Waals surface area contributed by atoms with Crippen molar-refractivity contribution in [2.75, 3.05) is 26.6 Å². The summed E-state index contributed by atoms with van der Waals surface area (Å²) in [7, 11) is 4.27. The van der Waals surface area contributed by atoms with Crippen molar-refractivity contribution in [2.24, 2.45) is 5.92 Å². The molecule has 1 aromatic carbocycles. The number of hydrogen-bond acceptors (Lipinski definition) is 6. The summed E-state index contributed by atoms with van der Waals surface area (Å²) in [4.78, 5) is 26.4. The van der Waals surface area contributed by atoms with Crippen LogP contribution < -0.4 is 14.8 Å². The molecular weight excluding hydrogens is 366 g/mol. The predicted molar refractivity (Wildman–Crippen MR) is 104 cm³/mol. The van der Waals surface area contributed by atoms with Gasteiger partial charge in [-0.25, -0.2) is 4.79 Å². The number of carbonyl (C=O) groups is 2. The number of benzene rings is 1. The molecule has 1 aliphatic rings. The number of amides is 1. The van der Waals surface area contributed by atoms with Gasteiger partial charge in [0.1, 0.15) is 0 Å². The lowest BCUT2D eigenvalue weighted by Gasteiger charge is -2.19. The molecule has 1 amide bonds. The lowest BCUT2D eigenvalue weighted by molar-refractivity contribution is 0.0601. The van der Waals surface area contributed by atoms with Crippen LogP contribution in [0.4, 0.5) is 5.69 Å². The highest BCUT2D eigenvalue weighted by Crippen LogP contribution is 2.36. The maximum Gasteiger partial charge on any atom is 0.340 e. The number of hydrogen-bond donors (Lipinski definition) is 1. The summed E-state index contributed by atoms with van der Waals surface area (Å²) in [6.07, 6.45) is 2.99. The van der Waals surface area contributed by atoms with Crippen LogP contribution in [0.5, 0.6) is 11.5 Å². The predicted octanol–water partition coefficient (Wildman–Crippen LogP) is 3.93. The zero-order chi connectivity index (χ0) is 19.6. The van der Waals surface area contributed by atoms with Gasteiger partial charge in [0, 0.05) is 22.4 Å². The maximum atomic E-state index is 12.9. The Hall–Kier alpha value is -2.54. The van der Waals surface area contributed by atoms with E-state index in [2.05, 4.69) is 12.2 Å². The summed E-state index contributed by atoms with van der Waals surface area (Å²) in [5.41, 5.74) is 2.33. The monoisotopic (exact) mass is 389 g/mol. The Balaban J connectivity index is 1.95. The van der Waals surface area contributed by atoms with Crippen LogP contribution in [-0.2, 0) is 17.6 Å². The lowest BCUT2D eigenvalue weighted by atomic mass is 9.88. The van der Waals surface area contributed by atoms with Gasteiger partial charge in [-0.2, -0.15) is 0 Å². The Morgan fingerprint density at radius 2 is 1.81 bits per heavy atom. The SMILES string of the molecule is COC(=O)c1cc(OC)c(OC)cc1NC(=O)c1csc2c1CC[C@@H](C)C2. The average molecular weight is 389 g/mol. The number of rotatable bonds is 5. The molecule has 0 radical (unpaired) electrons. The molecule has 1 aromatic heterocycles. The molecule has 2 aromatic rings. The second-order valence-electron chi connectivity index (χ2n) is 6.60. The highest BCUT2D eigenvalue weighted by Gasteiger charge is 2.25. The first-order chi connectivity index (χ1) is 13.0. The minimum Gasteiger partial charge on any atom is -0.493 e. The van der Waals surface area contributed by atoms with Crippen LogP contribution in [0, 0.1) is 5.92 Å². The van der Waals surface area contributed by atoms with Crippen LogP contribution in [0.2, 0.25) is 0 Å². The van der Waals surface area contributed by atoms with Crippen LogP contribution >= 0.6 is 11.3 Å². The average Bonchev–Trinajstić information content (AvgIpc) is 3.09. The topological polar surface area (TPSA) is 73.9 Å². The molecule has 0 aliphatic heterocycles. The third kappa shape index (κ3) is 3.78. The van der Waals surface area contributed by atoms with Crippen molar-refractivity contribution < 1.29 is 23.8 Å². The van der Waals surface area contributed by atoms with Crippen LogP contribution in [0.1, 0.15) is 44.5 Å². The van der Waals surface area contributed by atoms with Gasteiger partial charge in [0.25, 0.3) is 5.91 Å². The molecule has 0 bridgehead atoms. The molecule has 0 saturated heterocycles. The number of methoxy groups -OCH3 is 3. The molecule has 0 fully saturated rings. The number of nitrogens with one attached hydrogen (secondary N) is 1. The minimum absolute atomic E-state index is 0.209. The first-order valence-corrected chi connectivity index (χ1v) is 9.61. The summed E-state index contributed by atoms with van der Waals surface area (Å²) in [6, 6.07) is 3.08. The molecule has 144 valence electrons. The fourth-order valence-electron chi connectivity index (χ4n) is 3.32. The van der Waals surface area contributed by atoms with Crippen LogP contribution in [0.15, 0.2) is 17.5 Å². The minimum atomic E-state index is -0.563. The number of thiophene rings is 1. The number of esters is 1. The third-order valence-corrected chi connectivity index (χ3v) is 5.87. The van der Waals surface area contributed by atoms with E-state index in [4.69, 9.17) is 14.2 Å². The van der Waals surface area contributed by atoms with Gasteiger partial charge < -0.3 is 19.5 Å². The van der Waals surface area contributed by atoms with Crippen LogP contribution in [0.3, 0.4) is 0 Å². The van der Waals surface area contributed by atoms with Crippen molar-refractivity contribution >= 4 is 28.9 Å². The van der Waals surface area contributed by atoms with Crippen molar-refractivity contribution in [2.45, 2.75) is 26.2 Å². The summed E-state index contributed by atoms with van der Waals surface area (Å²) in [6.45, 7) is 2.23. The van der Waals surface area contributed by atoms with E-state index in [1.165, 1.54) is 32.3 Å². The van der Waals surface area contributed by atoms with E-state index >= 15 is 0 Å². The van der Waals surface area contributed by atoms with Gasteiger partial charge in [0.05, 0.1) is 38.1 Å². The maximum absolute atomic E-state index is 12.9. The zero-order valence-corrected chi connectivity index (χ0v) is 16.7. The number of anilines is 1. The molecule has 7 heteroatoms. The molecule has 0 spiro atoms. The van der Waals surface area contributed by atoms with E-state index in [0.29, 0.717) is 28.7 Å². The second kappa shape index (κ2) is 8.00. The van der Waals surface area contributed by atoms with Crippen molar-refractivity contribution in [3.8, 4) is 11.5 Å². The van der Waals surface area contributed by atoms with E-state index in [1.54, 1.807) is 17.4 Å². The van der Waals surface area contributed by atoms with Crippen LogP contribution in [0.25, 0.3) is 0 Å². The molecule has 6 nitrogen and oxygen atoms in total.